The predicted molar refractivity (Wildman–Crippen MR) is 62.7 cm³/mol. The van der Waals surface area contributed by atoms with Crippen LogP contribution in [-0.2, 0) is 14.4 Å². The van der Waals surface area contributed by atoms with Crippen LogP contribution in [0.2, 0.25) is 0 Å². The number of hydrogen-bond donors (Lipinski definition) is 1. The van der Waals surface area contributed by atoms with Gasteiger partial charge in [0.15, 0.2) is 0 Å². The number of halogens is 1. The van der Waals surface area contributed by atoms with Gasteiger partial charge in [0.25, 0.3) is 18.0 Å². The van der Waals surface area contributed by atoms with Crippen molar-refractivity contribution < 1.29 is 23.6 Å². The summed E-state index contributed by atoms with van der Waals surface area (Å²) < 4.78 is 13.2. The zero-order chi connectivity index (χ0) is 14.6. The van der Waals surface area contributed by atoms with Gasteiger partial charge in [0, 0.05) is 26.1 Å². The standard InChI is InChI=1S/C11H16FN3O4/c1-3-14(4-2)7(16)5-6-15-10(18)8(12)9(17)13-11(15)19/h8H,3-6H2,1-2H3,(H,13,17,19). The monoisotopic (exact) mass is 273 g/mol. The topological polar surface area (TPSA) is 86.8 Å². The third kappa shape index (κ3) is 3.27. The van der Waals surface area contributed by atoms with Crippen LogP contribution in [0.1, 0.15) is 20.3 Å². The predicted octanol–water partition coefficient (Wildman–Crippen LogP) is -0.339. The van der Waals surface area contributed by atoms with Gasteiger partial charge in [-0.2, -0.15) is 0 Å². The van der Waals surface area contributed by atoms with Crippen LogP contribution in [0.3, 0.4) is 0 Å². The number of nitrogens with zero attached hydrogens (tertiary/aromatic N) is 2. The summed E-state index contributed by atoms with van der Waals surface area (Å²) in [5, 5.41) is 1.72. The van der Waals surface area contributed by atoms with Crippen molar-refractivity contribution in [2.45, 2.75) is 26.4 Å². The molecule has 1 fully saturated rings. The number of carbonyl (C=O) groups excluding carboxylic acids is 4. The van der Waals surface area contributed by atoms with Gasteiger partial charge in [-0.3, -0.25) is 24.6 Å². The number of urea groups is 1. The fourth-order valence-electron chi connectivity index (χ4n) is 1.74. The average molecular weight is 273 g/mol. The summed E-state index contributed by atoms with van der Waals surface area (Å²) in [6.45, 7) is 4.39. The molecule has 0 aromatic rings. The third-order valence-corrected chi connectivity index (χ3v) is 2.85. The minimum atomic E-state index is -2.39. The lowest BCUT2D eigenvalue weighted by atomic mass is 10.2. The number of alkyl halides is 1. The van der Waals surface area contributed by atoms with Crippen LogP contribution in [0, 0.1) is 0 Å². The molecular formula is C11H16FN3O4. The van der Waals surface area contributed by atoms with E-state index >= 15 is 0 Å². The normalized spacial score (nSPS) is 19.4. The second-order valence-corrected chi connectivity index (χ2v) is 3.96. The molecule has 1 aliphatic rings. The van der Waals surface area contributed by atoms with E-state index in [2.05, 4.69) is 0 Å². The van der Waals surface area contributed by atoms with Gasteiger partial charge in [-0.25, -0.2) is 9.18 Å². The molecule has 1 rings (SSSR count). The van der Waals surface area contributed by atoms with Crippen molar-refractivity contribution in [3.8, 4) is 0 Å². The summed E-state index contributed by atoms with van der Waals surface area (Å²) in [5.74, 6) is -2.72. The minimum Gasteiger partial charge on any atom is -0.343 e. The quantitative estimate of drug-likeness (QED) is 0.694. The lowest BCUT2D eigenvalue weighted by Crippen LogP contribution is -2.59. The summed E-state index contributed by atoms with van der Waals surface area (Å²) in [4.78, 5) is 47.4. The number of barbiturate groups is 1. The summed E-state index contributed by atoms with van der Waals surface area (Å²) in [6, 6.07) is -0.990. The number of imide groups is 2. The Morgan fingerprint density at radius 3 is 2.42 bits per heavy atom. The molecule has 1 N–H and O–H groups in total. The highest BCUT2D eigenvalue weighted by Gasteiger charge is 2.40. The molecule has 19 heavy (non-hydrogen) atoms. The zero-order valence-electron chi connectivity index (χ0n) is 10.8. The Kier molecular flexibility index (Phi) is 4.96. The van der Waals surface area contributed by atoms with Crippen LogP contribution in [0.25, 0.3) is 0 Å². The first-order valence-corrected chi connectivity index (χ1v) is 6.00. The van der Waals surface area contributed by atoms with Gasteiger partial charge >= 0.3 is 6.03 Å². The van der Waals surface area contributed by atoms with E-state index < -0.39 is 24.0 Å². The molecule has 1 atom stereocenters. The van der Waals surface area contributed by atoms with Crippen molar-refractivity contribution >= 4 is 23.8 Å². The number of carbonyl (C=O) groups is 4. The van der Waals surface area contributed by atoms with E-state index in [4.69, 9.17) is 0 Å². The number of nitrogens with one attached hydrogen (secondary N) is 1. The summed E-state index contributed by atoms with van der Waals surface area (Å²) in [6.07, 6.45) is -2.48. The van der Waals surface area contributed by atoms with Gasteiger partial charge in [-0.1, -0.05) is 0 Å². The molecule has 0 spiro atoms. The first kappa shape index (κ1) is 15.1. The largest absolute Gasteiger partial charge is 0.343 e. The third-order valence-electron chi connectivity index (χ3n) is 2.85. The average Bonchev–Trinajstić information content (AvgIpc) is 2.37. The van der Waals surface area contributed by atoms with E-state index in [9.17, 15) is 23.6 Å². The fraction of sp³-hybridized carbons (Fsp3) is 0.636. The van der Waals surface area contributed by atoms with Gasteiger partial charge in [0.1, 0.15) is 0 Å². The van der Waals surface area contributed by atoms with Crippen molar-refractivity contribution in [2.75, 3.05) is 19.6 Å². The lowest BCUT2D eigenvalue weighted by molar-refractivity contribution is -0.144. The molecule has 1 unspecified atom stereocenters. The van der Waals surface area contributed by atoms with Gasteiger partial charge in [0.2, 0.25) is 5.91 Å². The smallest absolute Gasteiger partial charge is 0.330 e. The molecule has 0 saturated carbocycles. The highest BCUT2D eigenvalue weighted by atomic mass is 19.1. The Hall–Kier alpha value is -1.99. The molecule has 0 aromatic carbocycles. The number of amides is 5. The Labute approximate surface area is 109 Å². The highest BCUT2D eigenvalue weighted by Crippen LogP contribution is 2.08. The molecule has 8 heteroatoms. The Morgan fingerprint density at radius 2 is 1.89 bits per heavy atom. The molecule has 1 aliphatic heterocycles. The first-order valence-electron chi connectivity index (χ1n) is 6.00. The molecule has 1 heterocycles. The molecule has 5 amide bonds. The second kappa shape index (κ2) is 6.26. The van der Waals surface area contributed by atoms with Crippen LogP contribution >= 0.6 is 0 Å². The molecule has 106 valence electrons. The summed E-state index contributed by atoms with van der Waals surface area (Å²) in [7, 11) is 0. The maximum Gasteiger partial charge on any atom is 0.330 e. The van der Waals surface area contributed by atoms with Crippen molar-refractivity contribution in [1.82, 2.24) is 15.1 Å². The van der Waals surface area contributed by atoms with Gasteiger partial charge in [-0.15, -0.1) is 0 Å². The Bertz CT molecular complexity index is 409. The first-order chi connectivity index (χ1) is 8.92. The summed E-state index contributed by atoms with van der Waals surface area (Å²) in [5.41, 5.74) is 0. The highest BCUT2D eigenvalue weighted by molar-refractivity contribution is 6.18. The van der Waals surface area contributed by atoms with Gasteiger partial charge in [-0.05, 0) is 13.8 Å². The van der Waals surface area contributed by atoms with Crippen molar-refractivity contribution in [1.29, 1.82) is 0 Å². The molecule has 7 nitrogen and oxygen atoms in total. The van der Waals surface area contributed by atoms with Crippen molar-refractivity contribution in [3.05, 3.63) is 0 Å². The van der Waals surface area contributed by atoms with E-state index in [1.807, 2.05) is 0 Å². The molecule has 0 aliphatic carbocycles. The van der Waals surface area contributed by atoms with Crippen molar-refractivity contribution in [2.24, 2.45) is 0 Å². The molecule has 0 aromatic heterocycles. The van der Waals surface area contributed by atoms with E-state index in [0.29, 0.717) is 18.0 Å². The Balaban J connectivity index is 2.61. The zero-order valence-corrected chi connectivity index (χ0v) is 10.8. The number of hydrogen-bond acceptors (Lipinski definition) is 4. The maximum atomic E-state index is 13.2. The molecule has 1 saturated heterocycles. The molecule has 0 bridgehead atoms. The fourth-order valence-corrected chi connectivity index (χ4v) is 1.74. The van der Waals surface area contributed by atoms with Crippen LogP contribution in [-0.4, -0.2) is 59.4 Å². The van der Waals surface area contributed by atoms with Crippen molar-refractivity contribution in [3.63, 3.8) is 0 Å². The van der Waals surface area contributed by atoms with Crippen LogP contribution < -0.4 is 5.32 Å². The van der Waals surface area contributed by atoms with E-state index in [0.717, 1.165) is 0 Å². The maximum absolute atomic E-state index is 13.2. The van der Waals surface area contributed by atoms with Crippen LogP contribution in [0.15, 0.2) is 0 Å². The lowest BCUT2D eigenvalue weighted by Gasteiger charge is -2.27. The summed E-state index contributed by atoms with van der Waals surface area (Å²) >= 11 is 0. The SMILES string of the molecule is CCN(CC)C(=O)CCN1C(=O)NC(=O)C(F)C1=O. The molecular weight excluding hydrogens is 257 g/mol. The molecule has 0 radical (unpaired) electrons. The van der Waals surface area contributed by atoms with Crippen LogP contribution in [0.4, 0.5) is 9.18 Å². The van der Waals surface area contributed by atoms with E-state index in [1.54, 1.807) is 19.2 Å². The second-order valence-electron chi connectivity index (χ2n) is 3.96. The van der Waals surface area contributed by atoms with Crippen LogP contribution in [0.5, 0.6) is 0 Å². The van der Waals surface area contributed by atoms with E-state index in [-0.39, 0.29) is 18.9 Å². The Morgan fingerprint density at radius 1 is 1.32 bits per heavy atom. The minimum absolute atomic E-state index is 0.0955. The van der Waals surface area contributed by atoms with Gasteiger partial charge < -0.3 is 4.90 Å². The van der Waals surface area contributed by atoms with Gasteiger partial charge in [0.05, 0.1) is 0 Å². The van der Waals surface area contributed by atoms with E-state index in [1.165, 1.54) is 4.90 Å². The number of rotatable bonds is 5.